The van der Waals surface area contributed by atoms with Gasteiger partial charge in [-0.25, -0.2) is 0 Å². The van der Waals surface area contributed by atoms with Crippen molar-refractivity contribution < 1.29 is 18.7 Å². The normalized spacial score (nSPS) is 12.3. The molecule has 0 bridgehead atoms. The van der Waals surface area contributed by atoms with Gasteiger partial charge in [0.1, 0.15) is 11.8 Å². The van der Waals surface area contributed by atoms with Crippen molar-refractivity contribution in [1.29, 1.82) is 0 Å². The van der Waals surface area contributed by atoms with E-state index in [1.165, 1.54) is 16.7 Å². The van der Waals surface area contributed by atoms with Gasteiger partial charge in [-0.2, -0.15) is 0 Å². The van der Waals surface area contributed by atoms with Gasteiger partial charge in [-0.3, -0.25) is 9.59 Å². The van der Waals surface area contributed by atoms with E-state index in [2.05, 4.69) is 32.9 Å². The number of ketones is 1. The minimum absolute atomic E-state index is 0.0455. The number of nitrogens with zero attached hydrogens (tertiary/aromatic N) is 1. The Morgan fingerprint density at radius 2 is 1.65 bits per heavy atom. The molecular formula is C26H29NO4. The lowest BCUT2D eigenvalue weighted by Crippen LogP contribution is -2.36. The third-order valence-corrected chi connectivity index (χ3v) is 5.37. The van der Waals surface area contributed by atoms with Gasteiger partial charge < -0.3 is 14.1 Å². The number of likely N-dealkylation sites (N-methyl/N-ethyl adjacent to an activating group) is 1. The number of hydrogen-bond acceptors (Lipinski definition) is 4. The molecule has 0 saturated heterocycles. The van der Waals surface area contributed by atoms with Crippen LogP contribution in [0.3, 0.4) is 0 Å². The van der Waals surface area contributed by atoms with Crippen LogP contribution in [0, 0.1) is 0 Å². The van der Waals surface area contributed by atoms with Gasteiger partial charge in [0.25, 0.3) is 5.91 Å². The molecule has 0 aliphatic carbocycles. The number of carbonyl (C=O) groups excluding carboxylic acids is 2. The quantitative estimate of drug-likeness (QED) is 0.527. The highest BCUT2D eigenvalue weighted by molar-refractivity contribution is 5.97. The second-order valence-electron chi connectivity index (χ2n) is 8.66. The van der Waals surface area contributed by atoms with Crippen LogP contribution in [0.2, 0.25) is 0 Å². The summed E-state index contributed by atoms with van der Waals surface area (Å²) in [5.74, 6) is 0.467. The number of furan rings is 1. The Balaban J connectivity index is 1.89. The minimum Gasteiger partial charge on any atom is -0.497 e. The molecule has 0 fully saturated rings. The molecule has 31 heavy (non-hydrogen) atoms. The molecule has 1 atom stereocenters. The Hall–Kier alpha value is -3.34. The van der Waals surface area contributed by atoms with Crippen LogP contribution in [0.25, 0.3) is 0 Å². The second-order valence-corrected chi connectivity index (χ2v) is 8.66. The third-order valence-electron chi connectivity index (χ3n) is 5.37. The summed E-state index contributed by atoms with van der Waals surface area (Å²) >= 11 is 0. The van der Waals surface area contributed by atoms with E-state index in [0.717, 1.165) is 11.1 Å². The molecular weight excluding hydrogens is 390 g/mol. The first-order valence-electron chi connectivity index (χ1n) is 10.3. The van der Waals surface area contributed by atoms with E-state index < -0.39 is 6.04 Å². The molecule has 0 radical (unpaired) electrons. The van der Waals surface area contributed by atoms with Crippen molar-refractivity contribution >= 4 is 11.7 Å². The van der Waals surface area contributed by atoms with Crippen LogP contribution < -0.4 is 4.74 Å². The highest BCUT2D eigenvalue weighted by Crippen LogP contribution is 2.27. The number of methoxy groups -OCH3 is 1. The van der Waals surface area contributed by atoms with Crippen molar-refractivity contribution in [3.8, 4) is 5.75 Å². The summed E-state index contributed by atoms with van der Waals surface area (Å²) in [5.41, 5.74) is 2.89. The number of ether oxygens (including phenoxy) is 1. The van der Waals surface area contributed by atoms with Crippen LogP contribution in [0.4, 0.5) is 0 Å². The van der Waals surface area contributed by atoms with Crippen LogP contribution in [-0.4, -0.2) is 30.7 Å². The topological polar surface area (TPSA) is 59.8 Å². The van der Waals surface area contributed by atoms with Crippen molar-refractivity contribution in [2.24, 2.45) is 0 Å². The average Bonchev–Trinajstić information content (AvgIpc) is 3.28. The van der Waals surface area contributed by atoms with Gasteiger partial charge in [-0.1, -0.05) is 57.2 Å². The van der Waals surface area contributed by atoms with Crippen LogP contribution in [-0.2, 0) is 16.6 Å². The van der Waals surface area contributed by atoms with E-state index >= 15 is 0 Å². The van der Waals surface area contributed by atoms with Crippen LogP contribution in [0.5, 0.6) is 5.75 Å². The SMILES string of the molecule is COc1ccc(C(C(=O)Cc2ccc(C(C)(C)C)cc2)N(C)C(=O)c2ccco2)cc1. The van der Waals surface area contributed by atoms with Crippen LogP contribution in [0.1, 0.15) is 54.1 Å². The minimum atomic E-state index is -0.745. The molecule has 0 N–H and O–H groups in total. The maximum Gasteiger partial charge on any atom is 0.290 e. The number of carbonyl (C=O) groups is 2. The molecule has 1 unspecified atom stereocenters. The molecule has 0 aliphatic heterocycles. The Morgan fingerprint density at radius 3 is 2.16 bits per heavy atom. The number of rotatable bonds is 7. The standard InChI is InChI=1S/C26H29NO4/c1-26(2,3)20-12-8-18(9-13-20)17-22(28)24(19-10-14-21(30-5)15-11-19)27(4)25(29)23-7-6-16-31-23/h6-16,24H,17H2,1-5H3. The molecule has 3 aromatic rings. The predicted molar refractivity (Wildman–Crippen MR) is 120 cm³/mol. The monoisotopic (exact) mass is 419 g/mol. The van der Waals surface area contributed by atoms with Crippen molar-refractivity contribution in [3.05, 3.63) is 89.4 Å². The van der Waals surface area contributed by atoms with Gasteiger partial charge in [0.05, 0.1) is 13.4 Å². The number of hydrogen-bond donors (Lipinski definition) is 0. The smallest absolute Gasteiger partial charge is 0.290 e. The fourth-order valence-electron chi connectivity index (χ4n) is 3.52. The molecule has 0 saturated carbocycles. The summed E-state index contributed by atoms with van der Waals surface area (Å²) in [6.45, 7) is 6.46. The molecule has 5 heteroatoms. The Labute approximate surface area is 183 Å². The molecule has 1 heterocycles. The molecule has 1 amide bonds. The number of amides is 1. The van der Waals surface area contributed by atoms with Crippen molar-refractivity contribution in [1.82, 2.24) is 4.90 Å². The van der Waals surface area contributed by atoms with Crippen molar-refractivity contribution in [2.75, 3.05) is 14.2 Å². The lowest BCUT2D eigenvalue weighted by molar-refractivity contribution is -0.122. The Morgan fingerprint density at radius 1 is 1.00 bits per heavy atom. The van der Waals surface area contributed by atoms with Crippen molar-refractivity contribution in [3.63, 3.8) is 0 Å². The van der Waals surface area contributed by atoms with Gasteiger partial charge in [0, 0.05) is 13.5 Å². The fraction of sp³-hybridized carbons (Fsp3) is 0.308. The molecule has 5 nitrogen and oxygen atoms in total. The largest absolute Gasteiger partial charge is 0.497 e. The fourth-order valence-corrected chi connectivity index (χ4v) is 3.52. The molecule has 3 rings (SSSR count). The van der Waals surface area contributed by atoms with E-state index in [1.807, 2.05) is 24.3 Å². The van der Waals surface area contributed by atoms with Crippen LogP contribution in [0.15, 0.2) is 71.3 Å². The maximum atomic E-state index is 13.4. The van der Waals surface area contributed by atoms with Gasteiger partial charge in [-0.05, 0) is 46.4 Å². The lowest BCUT2D eigenvalue weighted by Gasteiger charge is -2.27. The van der Waals surface area contributed by atoms with Gasteiger partial charge in [0.15, 0.2) is 11.5 Å². The summed E-state index contributed by atoms with van der Waals surface area (Å²) in [6, 6.07) is 17.8. The van der Waals surface area contributed by atoms with E-state index in [0.29, 0.717) is 5.75 Å². The summed E-state index contributed by atoms with van der Waals surface area (Å²) in [5, 5.41) is 0. The molecule has 0 spiro atoms. The van der Waals surface area contributed by atoms with E-state index in [4.69, 9.17) is 9.15 Å². The summed E-state index contributed by atoms with van der Waals surface area (Å²) in [4.78, 5) is 27.8. The molecule has 0 aliphatic rings. The van der Waals surface area contributed by atoms with E-state index in [1.54, 1.807) is 38.4 Å². The Bertz CT molecular complexity index is 1010. The number of benzene rings is 2. The van der Waals surface area contributed by atoms with Crippen LogP contribution >= 0.6 is 0 Å². The zero-order valence-electron chi connectivity index (χ0n) is 18.7. The molecule has 162 valence electrons. The third kappa shape index (κ3) is 5.23. The zero-order valence-corrected chi connectivity index (χ0v) is 18.7. The zero-order chi connectivity index (χ0) is 22.6. The van der Waals surface area contributed by atoms with Gasteiger partial charge >= 0.3 is 0 Å². The lowest BCUT2D eigenvalue weighted by atomic mass is 9.86. The molecule has 1 aromatic heterocycles. The average molecular weight is 420 g/mol. The highest BCUT2D eigenvalue weighted by Gasteiger charge is 2.30. The van der Waals surface area contributed by atoms with Crippen molar-refractivity contribution in [2.45, 2.75) is 38.6 Å². The second kappa shape index (κ2) is 9.21. The first-order valence-corrected chi connectivity index (χ1v) is 10.3. The van der Waals surface area contributed by atoms with Gasteiger partial charge in [0.2, 0.25) is 0 Å². The van der Waals surface area contributed by atoms with E-state index in [9.17, 15) is 9.59 Å². The highest BCUT2D eigenvalue weighted by atomic mass is 16.5. The number of Topliss-reactive ketones (excluding diaryl/α,β-unsaturated/α-hetero) is 1. The first-order chi connectivity index (χ1) is 14.7. The summed E-state index contributed by atoms with van der Waals surface area (Å²) < 4.78 is 10.5. The first kappa shape index (κ1) is 22.3. The van der Waals surface area contributed by atoms with Gasteiger partial charge in [-0.15, -0.1) is 0 Å². The maximum absolute atomic E-state index is 13.4. The van der Waals surface area contributed by atoms with E-state index in [-0.39, 0.29) is 29.3 Å². The molecule has 2 aromatic carbocycles. The predicted octanol–water partition coefficient (Wildman–Crippen LogP) is 5.21. The summed E-state index contributed by atoms with van der Waals surface area (Å²) in [7, 11) is 3.21. The Kier molecular flexibility index (Phi) is 6.64. The summed E-state index contributed by atoms with van der Waals surface area (Å²) in [6.07, 6.45) is 1.67.